The first-order valence-corrected chi connectivity index (χ1v) is 13.5. The maximum atomic E-state index is 13.8. The molecule has 33 heavy (non-hydrogen) atoms. The Morgan fingerprint density at radius 1 is 1.12 bits per heavy atom. The van der Waals surface area contributed by atoms with Gasteiger partial charge in [0.2, 0.25) is 5.91 Å². The molecule has 0 bridgehead atoms. The summed E-state index contributed by atoms with van der Waals surface area (Å²) in [5.74, 6) is 0.755. The summed E-state index contributed by atoms with van der Waals surface area (Å²) in [5.41, 5.74) is 0.724. The molecule has 0 aromatic carbocycles. The number of likely N-dealkylation sites (tertiary alicyclic amines) is 1. The molecule has 2 saturated heterocycles. The largest absolute Gasteiger partial charge is 0.350 e. The number of hydrogen-bond donors (Lipinski definition) is 1. The van der Waals surface area contributed by atoms with Crippen molar-refractivity contribution < 1.29 is 9.59 Å². The van der Waals surface area contributed by atoms with Gasteiger partial charge in [-0.05, 0) is 64.8 Å². The van der Waals surface area contributed by atoms with Crippen LogP contribution in [0, 0.1) is 11.8 Å². The summed E-state index contributed by atoms with van der Waals surface area (Å²) in [6, 6.07) is 1.15. The van der Waals surface area contributed by atoms with Crippen LogP contribution in [0.4, 0.5) is 0 Å². The number of nitrogens with zero attached hydrogens (tertiary/aromatic N) is 3. The molecule has 4 unspecified atom stereocenters. The molecule has 2 aliphatic carbocycles. The molecule has 0 aromatic heterocycles. The zero-order valence-electron chi connectivity index (χ0n) is 20.5. The van der Waals surface area contributed by atoms with Gasteiger partial charge in [-0.2, -0.15) is 0 Å². The zero-order chi connectivity index (χ0) is 23.1. The van der Waals surface area contributed by atoms with Crippen LogP contribution in [0.1, 0.15) is 78.1 Å². The number of carbonyl (C=O) groups is 2. The monoisotopic (exact) mass is 454 g/mol. The highest BCUT2D eigenvalue weighted by Crippen LogP contribution is 2.48. The third kappa shape index (κ3) is 4.02. The Labute approximate surface area is 199 Å². The van der Waals surface area contributed by atoms with Gasteiger partial charge in [0.1, 0.15) is 11.7 Å². The molecule has 1 N–H and O–H groups in total. The molecule has 3 aliphatic heterocycles. The minimum atomic E-state index is -0.263. The van der Waals surface area contributed by atoms with E-state index >= 15 is 0 Å². The van der Waals surface area contributed by atoms with Gasteiger partial charge in [0.25, 0.3) is 5.91 Å². The van der Waals surface area contributed by atoms with Crippen LogP contribution in [0.15, 0.2) is 24.6 Å². The maximum Gasteiger partial charge on any atom is 0.269 e. The highest BCUT2D eigenvalue weighted by molar-refractivity contribution is 5.97. The van der Waals surface area contributed by atoms with Crippen LogP contribution in [0.3, 0.4) is 0 Å². The highest BCUT2D eigenvalue weighted by Gasteiger charge is 2.56. The normalized spacial score (nSPS) is 35.1. The molecule has 0 spiro atoms. The van der Waals surface area contributed by atoms with Gasteiger partial charge in [-0.25, -0.2) is 0 Å². The molecule has 182 valence electrons. The SMILES string of the molecule is C=CC1C2CCCCC2N2C(C(=O)NC[C@@H]3CCCN3C(C)C)=CN(C3CCCC3)C(=O)C12. The molecular weight excluding hydrogens is 412 g/mol. The van der Waals surface area contributed by atoms with Gasteiger partial charge in [-0.3, -0.25) is 14.5 Å². The van der Waals surface area contributed by atoms with Crippen LogP contribution in [0.5, 0.6) is 0 Å². The van der Waals surface area contributed by atoms with E-state index in [0.717, 1.165) is 44.3 Å². The summed E-state index contributed by atoms with van der Waals surface area (Å²) < 4.78 is 0. The molecule has 0 aromatic rings. The van der Waals surface area contributed by atoms with Crippen molar-refractivity contribution in [3.8, 4) is 0 Å². The Bertz CT molecular complexity index is 802. The van der Waals surface area contributed by atoms with Gasteiger partial charge in [-0.1, -0.05) is 31.8 Å². The van der Waals surface area contributed by atoms with Crippen LogP contribution in [-0.2, 0) is 9.59 Å². The lowest BCUT2D eigenvalue weighted by atomic mass is 9.78. The predicted octanol–water partition coefficient (Wildman–Crippen LogP) is 3.65. The van der Waals surface area contributed by atoms with Gasteiger partial charge in [0.05, 0.1) is 0 Å². The molecule has 0 radical (unpaired) electrons. The molecule has 4 fully saturated rings. The number of rotatable bonds is 6. The third-order valence-electron chi connectivity index (χ3n) is 9.15. The lowest BCUT2D eigenvalue weighted by molar-refractivity contribution is -0.138. The topological polar surface area (TPSA) is 55.9 Å². The molecule has 5 atom stereocenters. The van der Waals surface area contributed by atoms with E-state index in [1.807, 2.05) is 17.2 Å². The summed E-state index contributed by atoms with van der Waals surface area (Å²) >= 11 is 0. The molecule has 2 amide bonds. The van der Waals surface area contributed by atoms with Gasteiger partial charge in [0, 0.05) is 42.8 Å². The summed E-state index contributed by atoms with van der Waals surface area (Å²) in [6.07, 6.45) is 15.3. The maximum absolute atomic E-state index is 13.8. The van der Waals surface area contributed by atoms with Crippen molar-refractivity contribution >= 4 is 11.8 Å². The minimum Gasteiger partial charge on any atom is -0.350 e. The molecular formula is C27H42N4O2. The number of amides is 2. The fourth-order valence-corrected chi connectivity index (χ4v) is 7.59. The van der Waals surface area contributed by atoms with Crippen molar-refractivity contribution in [1.82, 2.24) is 20.0 Å². The van der Waals surface area contributed by atoms with E-state index in [9.17, 15) is 9.59 Å². The quantitative estimate of drug-likeness (QED) is 0.623. The first-order valence-electron chi connectivity index (χ1n) is 13.5. The second-order valence-corrected chi connectivity index (χ2v) is 11.2. The second kappa shape index (κ2) is 9.44. The number of nitrogens with one attached hydrogen (secondary N) is 1. The van der Waals surface area contributed by atoms with Crippen LogP contribution in [0.25, 0.3) is 0 Å². The lowest BCUT2D eigenvalue weighted by Crippen LogP contribution is -2.56. The third-order valence-corrected chi connectivity index (χ3v) is 9.15. The Balaban J connectivity index is 1.42. The minimum absolute atomic E-state index is 0.000128. The highest BCUT2D eigenvalue weighted by atomic mass is 16.2. The molecule has 5 aliphatic rings. The van der Waals surface area contributed by atoms with Gasteiger partial charge < -0.3 is 15.1 Å². The van der Waals surface area contributed by atoms with E-state index in [1.54, 1.807) is 0 Å². The fraction of sp³-hybridized carbons (Fsp3) is 0.778. The average Bonchev–Trinajstić information content (AvgIpc) is 3.56. The molecule has 3 heterocycles. The summed E-state index contributed by atoms with van der Waals surface area (Å²) in [6.45, 7) is 10.4. The van der Waals surface area contributed by atoms with E-state index < -0.39 is 0 Å². The van der Waals surface area contributed by atoms with Crippen LogP contribution in [0.2, 0.25) is 0 Å². The van der Waals surface area contributed by atoms with Crippen LogP contribution in [-0.4, -0.2) is 69.8 Å². The van der Waals surface area contributed by atoms with Crippen molar-refractivity contribution in [3.05, 3.63) is 24.6 Å². The Morgan fingerprint density at radius 3 is 2.58 bits per heavy atom. The predicted molar refractivity (Wildman–Crippen MR) is 130 cm³/mol. The van der Waals surface area contributed by atoms with Crippen molar-refractivity contribution in [2.24, 2.45) is 11.8 Å². The Morgan fingerprint density at radius 2 is 1.85 bits per heavy atom. The first kappa shape index (κ1) is 22.9. The van der Waals surface area contributed by atoms with Gasteiger partial charge in [-0.15, -0.1) is 6.58 Å². The average molecular weight is 455 g/mol. The number of carbonyl (C=O) groups excluding carboxylic acids is 2. The zero-order valence-corrected chi connectivity index (χ0v) is 20.5. The molecule has 6 nitrogen and oxygen atoms in total. The second-order valence-electron chi connectivity index (χ2n) is 11.2. The van der Waals surface area contributed by atoms with E-state index in [0.29, 0.717) is 24.5 Å². The lowest BCUT2D eigenvalue weighted by Gasteiger charge is -2.43. The summed E-state index contributed by atoms with van der Waals surface area (Å²) in [7, 11) is 0. The molecule has 6 heteroatoms. The first-order chi connectivity index (χ1) is 16.0. The van der Waals surface area contributed by atoms with Crippen molar-refractivity contribution in [2.75, 3.05) is 13.1 Å². The van der Waals surface area contributed by atoms with E-state index in [1.165, 1.54) is 32.1 Å². The Kier molecular flexibility index (Phi) is 6.56. The van der Waals surface area contributed by atoms with Crippen LogP contribution < -0.4 is 5.32 Å². The molecule has 5 rings (SSSR count). The van der Waals surface area contributed by atoms with E-state index in [2.05, 4.69) is 35.5 Å². The summed E-state index contributed by atoms with van der Waals surface area (Å²) in [4.78, 5) is 34.2. The van der Waals surface area contributed by atoms with Gasteiger partial charge >= 0.3 is 0 Å². The Hall–Kier alpha value is -1.82. The van der Waals surface area contributed by atoms with Crippen molar-refractivity contribution in [3.63, 3.8) is 0 Å². The van der Waals surface area contributed by atoms with E-state index in [4.69, 9.17) is 0 Å². The number of hydrogen-bond acceptors (Lipinski definition) is 4. The smallest absolute Gasteiger partial charge is 0.269 e. The molecule has 2 saturated carbocycles. The van der Waals surface area contributed by atoms with E-state index in [-0.39, 0.29) is 35.9 Å². The fourth-order valence-electron chi connectivity index (χ4n) is 7.59. The standard InChI is InChI=1S/C27H42N4O2/c1-4-21-22-13-7-8-14-23(22)31-24(17-30(27(33)25(21)31)19-10-5-6-11-19)26(32)28-16-20-12-9-15-29(20)18(2)3/h4,17-23,25H,1,5-16H2,2-3H3,(H,28,32)/t20-,21?,22?,23?,25?/m0/s1. The van der Waals surface area contributed by atoms with Crippen molar-refractivity contribution in [1.29, 1.82) is 0 Å². The van der Waals surface area contributed by atoms with Crippen LogP contribution >= 0.6 is 0 Å². The van der Waals surface area contributed by atoms with Gasteiger partial charge in [0.15, 0.2) is 0 Å². The van der Waals surface area contributed by atoms with Crippen molar-refractivity contribution in [2.45, 2.75) is 108 Å². The summed E-state index contributed by atoms with van der Waals surface area (Å²) in [5, 5.41) is 3.29. The number of fused-ring (bicyclic) bond motifs is 3.